The lowest BCUT2D eigenvalue weighted by molar-refractivity contribution is 0.145. The largest absolute Gasteiger partial charge is 0.348 e. The van der Waals surface area contributed by atoms with Crippen molar-refractivity contribution in [1.82, 2.24) is 4.98 Å². The van der Waals surface area contributed by atoms with Crippen LogP contribution in [0.1, 0.15) is 55.1 Å². The van der Waals surface area contributed by atoms with Crippen molar-refractivity contribution in [2.24, 2.45) is 4.99 Å². The smallest absolute Gasteiger partial charge is 0.280 e. The number of aliphatic imine (C=N–C) groups is 1. The number of anilines is 1. The average molecular weight is 361 g/mol. The number of rotatable bonds is 3. The minimum atomic E-state index is -2.63. The van der Waals surface area contributed by atoms with Gasteiger partial charge in [-0.1, -0.05) is 19.1 Å². The van der Waals surface area contributed by atoms with E-state index in [2.05, 4.69) is 4.98 Å². The molecule has 138 valence electrons. The molecule has 0 amide bonds. The summed E-state index contributed by atoms with van der Waals surface area (Å²) in [5, 5.41) is 0. The first kappa shape index (κ1) is 18.4. The highest BCUT2D eigenvalue weighted by Crippen LogP contribution is 2.38. The number of hydrogen-bond donors (Lipinski definition) is 0. The highest BCUT2D eigenvalue weighted by molar-refractivity contribution is 6.17. The fourth-order valence-electron chi connectivity index (χ4n) is 3.24. The van der Waals surface area contributed by atoms with Gasteiger partial charge in [-0.15, -0.1) is 0 Å². The zero-order valence-electron chi connectivity index (χ0n) is 15.6. The molecule has 1 aliphatic heterocycles. The van der Waals surface area contributed by atoms with E-state index >= 15 is 4.39 Å². The molecule has 6 heteroatoms. The van der Waals surface area contributed by atoms with E-state index in [-0.39, 0.29) is 11.5 Å². The summed E-state index contributed by atoms with van der Waals surface area (Å²) in [6.07, 6.45) is -0.648. The minimum absolute atomic E-state index is 0.241. The maximum atomic E-state index is 15.1. The zero-order valence-corrected chi connectivity index (χ0v) is 15.6. The van der Waals surface area contributed by atoms with E-state index < -0.39 is 12.1 Å². The third kappa shape index (κ3) is 2.87. The maximum Gasteiger partial charge on any atom is 0.280 e. The number of benzene rings is 1. The molecule has 1 aromatic carbocycles. The molecule has 2 heterocycles. The molecule has 0 saturated heterocycles. The molecule has 1 aliphatic rings. The lowest BCUT2D eigenvalue weighted by Crippen LogP contribution is -2.45. The molecular formula is C20H22F3N3. The zero-order chi connectivity index (χ0) is 19.2. The molecule has 3 nitrogen and oxygen atoms in total. The van der Waals surface area contributed by atoms with Crippen LogP contribution in [0.25, 0.3) is 0 Å². The van der Waals surface area contributed by atoms with Crippen LogP contribution >= 0.6 is 0 Å². The number of fused-ring (bicyclic) bond motifs is 1. The third-order valence-corrected chi connectivity index (χ3v) is 4.97. The number of hydrogen-bond acceptors (Lipinski definition) is 3. The molecule has 0 saturated carbocycles. The van der Waals surface area contributed by atoms with E-state index in [9.17, 15) is 8.78 Å². The standard InChI is InChI=1S/C20H22F3N3/c1-6-12-7-8-14-17(13-9-11(2)16(19(22)23)24-10-13)25-20(3,4)26(5)18(14)15(12)21/h7-10,19H,6H2,1-5H3. The molecule has 0 atom stereocenters. The Morgan fingerprint density at radius 2 is 1.92 bits per heavy atom. The Bertz CT molecular complexity index is 888. The summed E-state index contributed by atoms with van der Waals surface area (Å²) in [4.78, 5) is 10.5. The summed E-state index contributed by atoms with van der Waals surface area (Å²) in [6, 6.07) is 5.24. The summed E-state index contributed by atoms with van der Waals surface area (Å²) < 4.78 is 41.1. The number of aryl methyl sites for hydroxylation is 2. The van der Waals surface area contributed by atoms with Crippen LogP contribution in [0.4, 0.5) is 18.9 Å². The van der Waals surface area contributed by atoms with Gasteiger partial charge in [-0.05, 0) is 44.4 Å². The monoisotopic (exact) mass is 361 g/mol. The van der Waals surface area contributed by atoms with Gasteiger partial charge in [0.05, 0.1) is 11.4 Å². The molecule has 0 N–H and O–H groups in total. The van der Waals surface area contributed by atoms with Crippen molar-refractivity contribution in [3.63, 3.8) is 0 Å². The van der Waals surface area contributed by atoms with Gasteiger partial charge in [0.25, 0.3) is 6.43 Å². The number of nitrogens with zero attached hydrogens (tertiary/aromatic N) is 3. The van der Waals surface area contributed by atoms with E-state index in [4.69, 9.17) is 4.99 Å². The van der Waals surface area contributed by atoms with Crippen molar-refractivity contribution in [3.05, 3.63) is 58.2 Å². The summed E-state index contributed by atoms with van der Waals surface area (Å²) in [5.74, 6) is -0.262. The maximum absolute atomic E-state index is 15.1. The van der Waals surface area contributed by atoms with Crippen molar-refractivity contribution in [2.75, 3.05) is 11.9 Å². The molecule has 2 aromatic rings. The van der Waals surface area contributed by atoms with Crippen LogP contribution in [0, 0.1) is 12.7 Å². The summed E-state index contributed by atoms with van der Waals surface area (Å²) in [5.41, 5.74) is 2.42. The number of halogens is 3. The van der Waals surface area contributed by atoms with E-state index in [1.807, 2.05) is 38.8 Å². The predicted octanol–water partition coefficient (Wildman–Crippen LogP) is 5.05. The predicted molar refractivity (Wildman–Crippen MR) is 97.8 cm³/mol. The molecule has 0 aliphatic carbocycles. The minimum Gasteiger partial charge on any atom is -0.348 e. The molecule has 0 bridgehead atoms. The van der Waals surface area contributed by atoms with Crippen LogP contribution in [-0.2, 0) is 6.42 Å². The van der Waals surface area contributed by atoms with Crippen molar-refractivity contribution in [2.45, 2.75) is 46.2 Å². The summed E-state index contributed by atoms with van der Waals surface area (Å²) >= 11 is 0. The lowest BCUT2D eigenvalue weighted by atomic mass is 9.93. The number of aromatic nitrogens is 1. The molecule has 26 heavy (non-hydrogen) atoms. The van der Waals surface area contributed by atoms with Gasteiger partial charge in [-0.25, -0.2) is 13.2 Å². The molecular weight excluding hydrogens is 339 g/mol. The van der Waals surface area contributed by atoms with Gasteiger partial charge in [0.15, 0.2) is 0 Å². The Labute approximate surface area is 151 Å². The van der Waals surface area contributed by atoms with Crippen LogP contribution in [0.3, 0.4) is 0 Å². The Morgan fingerprint density at radius 1 is 1.23 bits per heavy atom. The second-order valence-electron chi connectivity index (χ2n) is 7.03. The van der Waals surface area contributed by atoms with Crippen LogP contribution in [0.2, 0.25) is 0 Å². The van der Waals surface area contributed by atoms with Crippen LogP contribution in [0.15, 0.2) is 29.4 Å². The second kappa shape index (κ2) is 6.41. The quantitative estimate of drug-likeness (QED) is 0.765. The SMILES string of the molecule is CCc1ccc2c(c1F)N(C)C(C)(C)N=C2c1cnc(C(F)F)c(C)c1. The van der Waals surface area contributed by atoms with Crippen molar-refractivity contribution in [3.8, 4) is 0 Å². The Hall–Kier alpha value is -2.37. The van der Waals surface area contributed by atoms with Crippen molar-refractivity contribution in [1.29, 1.82) is 0 Å². The highest BCUT2D eigenvalue weighted by Gasteiger charge is 2.35. The molecule has 0 fully saturated rings. The van der Waals surface area contributed by atoms with Gasteiger partial charge in [0, 0.05) is 24.4 Å². The Balaban J connectivity index is 2.23. The van der Waals surface area contributed by atoms with Gasteiger partial charge in [-0.2, -0.15) is 0 Å². The first-order valence-corrected chi connectivity index (χ1v) is 8.57. The third-order valence-electron chi connectivity index (χ3n) is 4.97. The van der Waals surface area contributed by atoms with E-state index in [1.54, 1.807) is 19.1 Å². The molecule has 3 rings (SSSR count). The molecule has 1 aromatic heterocycles. The normalized spacial score (nSPS) is 15.9. The molecule has 0 unspecified atom stereocenters. The summed E-state index contributed by atoms with van der Waals surface area (Å²) in [6.45, 7) is 7.29. The van der Waals surface area contributed by atoms with Gasteiger partial charge in [-0.3, -0.25) is 9.98 Å². The lowest BCUT2D eigenvalue weighted by Gasteiger charge is -2.40. The molecule has 0 spiro atoms. The highest BCUT2D eigenvalue weighted by atomic mass is 19.3. The number of pyridine rings is 1. The van der Waals surface area contributed by atoms with E-state index in [0.29, 0.717) is 40.1 Å². The Morgan fingerprint density at radius 3 is 2.50 bits per heavy atom. The second-order valence-corrected chi connectivity index (χ2v) is 7.03. The van der Waals surface area contributed by atoms with Gasteiger partial charge in [0.1, 0.15) is 17.2 Å². The van der Waals surface area contributed by atoms with Crippen LogP contribution in [-0.4, -0.2) is 23.4 Å². The summed E-state index contributed by atoms with van der Waals surface area (Å²) in [7, 11) is 1.81. The van der Waals surface area contributed by atoms with E-state index in [0.717, 1.165) is 0 Å². The number of alkyl halides is 2. The van der Waals surface area contributed by atoms with E-state index in [1.165, 1.54) is 6.20 Å². The van der Waals surface area contributed by atoms with Crippen LogP contribution in [0.5, 0.6) is 0 Å². The average Bonchev–Trinajstić information content (AvgIpc) is 2.57. The fourth-order valence-corrected chi connectivity index (χ4v) is 3.24. The van der Waals surface area contributed by atoms with Gasteiger partial charge >= 0.3 is 0 Å². The molecule has 0 radical (unpaired) electrons. The van der Waals surface area contributed by atoms with Crippen molar-refractivity contribution >= 4 is 11.4 Å². The Kier molecular flexibility index (Phi) is 4.54. The first-order chi connectivity index (χ1) is 12.2. The fraction of sp³-hybridized carbons (Fsp3) is 0.400. The first-order valence-electron chi connectivity index (χ1n) is 8.57. The van der Waals surface area contributed by atoms with Crippen LogP contribution < -0.4 is 4.90 Å². The van der Waals surface area contributed by atoms with Gasteiger partial charge in [0.2, 0.25) is 0 Å². The van der Waals surface area contributed by atoms with Crippen molar-refractivity contribution < 1.29 is 13.2 Å². The van der Waals surface area contributed by atoms with Gasteiger partial charge < -0.3 is 4.90 Å². The topological polar surface area (TPSA) is 28.5 Å².